The van der Waals surface area contributed by atoms with E-state index >= 15 is 0 Å². The lowest BCUT2D eigenvalue weighted by Crippen LogP contribution is -2.15. The van der Waals surface area contributed by atoms with Crippen molar-refractivity contribution < 1.29 is 28.0 Å². The van der Waals surface area contributed by atoms with Crippen LogP contribution in [0, 0.1) is 12.7 Å². The molecule has 2 aromatic carbocycles. The molecule has 0 saturated heterocycles. The van der Waals surface area contributed by atoms with Gasteiger partial charge in [0.25, 0.3) is 0 Å². The molecular weight excluding hydrogens is 389 g/mol. The molecule has 28 heavy (non-hydrogen) atoms. The van der Waals surface area contributed by atoms with Crippen molar-refractivity contribution in [3.63, 3.8) is 0 Å². The van der Waals surface area contributed by atoms with Gasteiger partial charge < -0.3 is 14.0 Å². The molecule has 144 valence electrons. The molecule has 0 bridgehead atoms. The van der Waals surface area contributed by atoms with Crippen LogP contribution in [0.4, 0.5) is 4.39 Å². The quantitative estimate of drug-likeness (QED) is 0.445. The molecule has 8 heteroatoms. The SMILES string of the molecule is COc1ccc(C(=O)COC(=O)c2c(-c3c(F)cccc3Cl)noc2C)cc1. The Balaban J connectivity index is 1.80. The number of aryl methyl sites for hydroxylation is 1. The molecule has 0 saturated carbocycles. The predicted molar refractivity (Wildman–Crippen MR) is 99.3 cm³/mol. The number of esters is 1. The van der Waals surface area contributed by atoms with Crippen LogP contribution in [0.1, 0.15) is 26.5 Å². The average molecular weight is 404 g/mol. The Hall–Kier alpha value is -3.19. The summed E-state index contributed by atoms with van der Waals surface area (Å²) in [6.07, 6.45) is 0. The minimum absolute atomic E-state index is 0.0664. The van der Waals surface area contributed by atoms with Crippen LogP contribution in [-0.2, 0) is 4.74 Å². The van der Waals surface area contributed by atoms with E-state index in [0.29, 0.717) is 11.3 Å². The van der Waals surface area contributed by atoms with Crippen LogP contribution < -0.4 is 4.74 Å². The summed E-state index contributed by atoms with van der Waals surface area (Å²) in [5.41, 5.74) is 0.111. The molecule has 0 amide bonds. The number of nitrogens with zero attached hydrogens (tertiary/aromatic N) is 1. The lowest BCUT2D eigenvalue weighted by atomic mass is 10.1. The van der Waals surface area contributed by atoms with Crippen molar-refractivity contribution >= 4 is 23.4 Å². The molecule has 0 N–H and O–H groups in total. The second-order valence-electron chi connectivity index (χ2n) is 5.79. The van der Waals surface area contributed by atoms with Gasteiger partial charge in [0.15, 0.2) is 12.4 Å². The van der Waals surface area contributed by atoms with E-state index < -0.39 is 24.2 Å². The summed E-state index contributed by atoms with van der Waals surface area (Å²) in [7, 11) is 1.51. The lowest BCUT2D eigenvalue weighted by Gasteiger charge is -2.07. The Labute approximate surface area is 164 Å². The molecule has 0 fully saturated rings. The second-order valence-corrected chi connectivity index (χ2v) is 6.19. The van der Waals surface area contributed by atoms with Crippen molar-refractivity contribution in [1.29, 1.82) is 0 Å². The van der Waals surface area contributed by atoms with Gasteiger partial charge in [0.05, 0.1) is 17.7 Å². The first kappa shape index (κ1) is 19.6. The number of carbonyl (C=O) groups is 2. The van der Waals surface area contributed by atoms with Gasteiger partial charge >= 0.3 is 5.97 Å². The van der Waals surface area contributed by atoms with Gasteiger partial charge in [0.1, 0.15) is 28.6 Å². The number of ketones is 1. The largest absolute Gasteiger partial charge is 0.497 e. The van der Waals surface area contributed by atoms with Crippen LogP contribution >= 0.6 is 11.6 Å². The molecule has 0 unspecified atom stereocenters. The molecule has 6 nitrogen and oxygen atoms in total. The summed E-state index contributed by atoms with van der Waals surface area (Å²) in [5.74, 6) is -1.22. The highest BCUT2D eigenvalue weighted by atomic mass is 35.5. The highest BCUT2D eigenvalue weighted by molar-refractivity contribution is 6.33. The van der Waals surface area contributed by atoms with Gasteiger partial charge in [-0.3, -0.25) is 4.79 Å². The van der Waals surface area contributed by atoms with Crippen LogP contribution in [0.5, 0.6) is 5.75 Å². The van der Waals surface area contributed by atoms with E-state index in [1.807, 2.05) is 0 Å². The van der Waals surface area contributed by atoms with Crippen LogP contribution in [-0.4, -0.2) is 30.6 Å². The average Bonchev–Trinajstić information content (AvgIpc) is 3.07. The van der Waals surface area contributed by atoms with Gasteiger partial charge in [-0.1, -0.05) is 22.8 Å². The van der Waals surface area contributed by atoms with E-state index in [9.17, 15) is 14.0 Å². The summed E-state index contributed by atoms with van der Waals surface area (Å²) >= 11 is 6.04. The van der Waals surface area contributed by atoms with E-state index in [4.69, 9.17) is 25.6 Å². The number of carbonyl (C=O) groups excluding carboxylic acids is 2. The third kappa shape index (κ3) is 3.89. The smallest absolute Gasteiger partial charge is 0.344 e. The number of methoxy groups -OCH3 is 1. The fourth-order valence-electron chi connectivity index (χ4n) is 2.57. The maximum absolute atomic E-state index is 14.2. The topological polar surface area (TPSA) is 78.6 Å². The van der Waals surface area contributed by atoms with Crippen molar-refractivity contribution in [2.24, 2.45) is 0 Å². The molecule has 1 aromatic heterocycles. The predicted octanol–water partition coefficient (Wildman–Crippen LogP) is 4.49. The highest BCUT2D eigenvalue weighted by Gasteiger charge is 2.27. The second kappa shape index (κ2) is 8.22. The maximum Gasteiger partial charge on any atom is 0.344 e. The van der Waals surface area contributed by atoms with Crippen molar-refractivity contribution in [2.45, 2.75) is 6.92 Å². The number of rotatable bonds is 6. The van der Waals surface area contributed by atoms with Crippen LogP contribution in [0.3, 0.4) is 0 Å². The van der Waals surface area contributed by atoms with E-state index in [1.165, 1.54) is 32.2 Å². The fraction of sp³-hybridized carbons (Fsp3) is 0.150. The first-order valence-electron chi connectivity index (χ1n) is 8.17. The minimum Gasteiger partial charge on any atom is -0.497 e. The van der Waals surface area contributed by atoms with Gasteiger partial charge in [0.2, 0.25) is 0 Å². The molecule has 0 spiro atoms. The standard InChI is InChI=1S/C20H15ClFNO5/c1-11-17(19(23-28-11)18-14(21)4-3-5-15(18)22)20(25)27-10-16(24)12-6-8-13(26-2)9-7-12/h3-9H,10H2,1-2H3. The highest BCUT2D eigenvalue weighted by Crippen LogP contribution is 2.33. The third-order valence-electron chi connectivity index (χ3n) is 4.01. The summed E-state index contributed by atoms with van der Waals surface area (Å²) in [5, 5.41) is 3.80. The number of benzene rings is 2. The molecule has 0 aliphatic carbocycles. The third-order valence-corrected chi connectivity index (χ3v) is 4.33. The first-order valence-corrected chi connectivity index (χ1v) is 8.55. The Morgan fingerprint density at radius 1 is 1.18 bits per heavy atom. The molecule has 3 rings (SSSR count). The van der Waals surface area contributed by atoms with E-state index in [-0.39, 0.29) is 27.6 Å². The Morgan fingerprint density at radius 2 is 1.89 bits per heavy atom. The van der Waals surface area contributed by atoms with E-state index in [0.717, 1.165) is 0 Å². The van der Waals surface area contributed by atoms with E-state index in [2.05, 4.69) is 5.16 Å². The monoisotopic (exact) mass is 403 g/mol. The number of hydrogen-bond acceptors (Lipinski definition) is 6. The van der Waals surface area contributed by atoms with Crippen molar-refractivity contribution in [1.82, 2.24) is 5.16 Å². The molecule has 0 atom stereocenters. The number of halogens is 2. The zero-order valence-electron chi connectivity index (χ0n) is 15.0. The number of Topliss-reactive ketones (excluding diaryl/α,β-unsaturated/α-hetero) is 1. The van der Waals surface area contributed by atoms with Gasteiger partial charge in [0, 0.05) is 5.56 Å². The Bertz CT molecular complexity index is 1010. The molecule has 1 heterocycles. The van der Waals surface area contributed by atoms with Gasteiger partial charge in [-0.25, -0.2) is 9.18 Å². The molecule has 3 aromatic rings. The lowest BCUT2D eigenvalue weighted by molar-refractivity contribution is 0.0473. The minimum atomic E-state index is -0.866. The zero-order chi connectivity index (χ0) is 20.3. The molecule has 0 aliphatic rings. The van der Waals surface area contributed by atoms with Crippen molar-refractivity contribution in [3.8, 4) is 17.0 Å². The van der Waals surface area contributed by atoms with Crippen LogP contribution in [0.2, 0.25) is 5.02 Å². The number of aromatic nitrogens is 1. The van der Waals surface area contributed by atoms with Gasteiger partial charge in [-0.2, -0.15) is 0 Å². The summed E-state index contributed by atoms with van der Waals surface area (Å²) in [4.78, 5) is 24.7. The number of hydrogen-bond donors (Lipinski definition) is 0. The number of ether oxygens (including phenoxy) is 2. The summed E-state index contributed by atoms with van der Waals surface area (Å²) in [6, 6.07) is 10.4. The van der Waals surface area contributed by atoms with Gasteiger partial charge in [-0.15, -0.1) is 0 Å². The first-order chi connectivity index (χ1) is 13.4. The summed E-state index contributed by atoms with van der Waals surface area (Å²) < 4.78 is 29.4. The van der Waals surface area contributed by atoms with E-state index in [1.54, 1.807) is 24.3 Å². The van der Waals surface area contributed by atoms with Crippen LogP contribution in [0.25, 0.3) is 11.3 Å². The molecule has 0 aliphatic heterocycles. The van der Waals surface area contributed by atoms with Gasteiger partial charge in [-0.05, 0) is 43.3 Å². The normalized spacial score (nSPS) is 10.6. The summed E-state index contributed by atoms with van der Waals surface area (Å²) in [6.45, 7) is 0.980. The Morgan fingerprint density at radius 3 is 2.54 bits per heavy atom. The molecule has 0 radical (unpaired) electrons. The fourth-order valence-corrected chi connectivity index (χ4v) is 2.82. The molecular formula is C20H15ClFNO5. The van der Waals surface area contributed by atoms with Crippen LogP contribution in [0.15, 0.2) is 47.0 Å². The Kier molecular flexibility index (Phi) is 5.75. The van der Waals surface area contributed by atoms with Crippen molar-refractivity contribution in [2.75, 3.05) is 13.7 Å². The zero-order valence-corrected chi connectivity index (χ0v) is 15.7. The maximum atomic E-state index is 14.2. The van der Waals surface area contributed by atoms with Crippen molar-refractivity contribution in [3.05, 3.63) is 70.2 Å².